The van der Waals surface area contributed by atoms with Crippen LogP contribution in [-0.2, 0) is 4.79 Å². The third-order valence-corrected chi connectivity index (χ3v) is 3.26. The van der Waals surface area contributed by atoms with Crippen molar-refractivity contribution in [3.63, 3.8) is 0 Å². The van der Waals surface area contributed by atoms with Gasteiger partial charge in [-0.3, -0.25) is 4.90 Å². The Hall–Kier alpha value is -2.11. The monoisotopic (exact) mass is 282 g/mol. The maximum absolute atomic E-state index is 13.1. The number of anilines is 1. The first-order valence-corrected chi connectivity index (χ1v) is 6.39. The number of rotatable bonds is 5. The normalized spacial score (nSPS) is 13.4. The highest BCUT2D eigenvalue weighted by molar-refractivity contribution is 5.94. The number of amides is 2. The van der Waals surface area contributed by atoms with Crippen LogP contribution in [0.4, 0.5) is 14.9 Å². The van der Waals surface area contributed by atoms with Crippen LogP contribution in [0.1, 0.15) is 20.3 Å². The number of carbonyl (C=O) groups excluding carboxylic acids is 1. The number of aliphatic carboxylic acids is 1. The summed E-state index contributed by atoms with van der Waals surface area (Å²) in [6.07, 6.45) is 0.626. The molecule has 0 radical (unpaired) electrons. The lowest BCUT2D eigenvalue weighted by Gasteiger charge is -2.24. The molecule has 0 fully saturated rings. The minimum atomic E-state index is -1.08. The van der Waals surface area contributed by atoms with Crippen molar-refractivity contribution in [3.05, 3.63) is 30.1 Å². The number of benzene rings is 1. The van der Waals surface area contributed by atoms with Gasteiger partial charge in [-0.05, 0) is 24.1 Å². The lowest BCUT2D eigenvalue weighted by Crippen LogP contribution is -2.49. The number of nitrogens with one attached hydrogen (secondary N) is 1. The third-order valence-electron chi connectivity index (χ3n) is 3.26. The summed E-state index contributed by atoms with van der Waals surface area (Å²) < 4.78 is 13.1. The molecule has 2 amide bonds. The maximum atomic E-state index is 13.1. The van der Waals surface area contributed by atoms with Crippen molar-refractivity contribution in [2.45, 2.75) is 26.3 Å². The zero-order valence-corrected chi connectivity index (χ0v) is 11.8. The fraction of sp³-hybridized carbons (Fsp3) is 0.429. The van der Waals surface area contributed by atoms with Crippen molar-refractivity contribution in [2.75, 3.05) is 11.9 Å². The first-order valence-electron chi connectivity index (χ1n) is 6.39. The van der Waals surface area contributed by atoms with Gasteiger partial charge in [0.15, 0.2) is 0 Å². The molecule has 0 bridgehead atoms. The second-order valence-electron chi connectivity index (χ2n) is 4.69. The molecule has 2 N–H and O–H groups in total. The molecular formula is C14H19FN2O3. The van der Waals surface area contributed by atoms with Crippen LogP contribution in [0.25, 0.3) is 0 Å². The van der Waals surface area contributed by atoms with Crippen LogP contribution in [-0.4, -0.2) is 30.2 Å². The molecule has 0 saturated heterocycles. The van der Waals surface area contributed by atoms with E-state index in [-0.39, 0.29) is 5.92 Å². The Morgan fingerprint density at radius 3 is 2.60 bits per heavy atom. The Balaban J connectivity index is 2.81. The highest BCUT2D eigenvalue weighted by atomic mass is 19.1. The van der Waals surface area contributed by atoms with Crippen LogP contribution < -0.4 is 10.2 Å². The van der Waals surface area contributed by atoms with Crippen LogP contribution in [0.15, 0.2) is 24.3 Å². The predicted molar refractivity (Wildman–Crippen MR) is 74.2 cm³/mol. The number of carboxylic acids is 1. The minimum absolute atomic E-state index is 0.197. The first-order chi connectivity index (χ1) is 9.36. The summed E-state index contributed by atoms with van der Waals surface area (Å²) in [4.78, 5) is 24.4. The number of urea groups is 1. The number of halogens is 1. The van der Waals surface area contributed by atoms with E-state index in [0.717, 1.165) is 0 Å². The summed E-state index contributed by atoms with van der Waals surface area (Å²) in [5.41, 5.74) is 0.357. The molecule has 110 valence electrons. The summed E-state index contributed by atoms with van der Waals surface area (Å²) in [5.74, 6) is -1.74. The summed E-state index contributed by atoms with van der Waals surface area (Å²) in [7, 11) is 1.46. The number of hydrogen-bond donors (Lipinski definition) is 2. The topological polar surface area (TPSA) is 69.6 Å². The minimum Gasteiger partial charge on any atom is -0.480 e. The fourth-order valence-corrected chi connectivity index (χ4v) is 1.71. The van der Waals surface area contributed by atoms with E-state index in [2.05, 4.69) is 5.32 Å². The van der Waals surface area contributed by atoms with E-state index in [1.54, 1.807) is 13.0 Å². The molecule has 5 nitrogen and oxygen atoms in total. The van der Waals surface area contributed by atoms with Crippen LogP contribution in [0.5, 0.6) is 0 Å². The predicted octanol–water partition coefficient (Wildman–Crippen LogP) is 2.47. The molecule has 2 atom stereocenters. The highest BCUT2D eigenvalue weighted by Gasteiger charge is 2.26. The SMILES string of the molecule is CCC(C)C(NC(=O)N(C)c1cccc(F)c1)C(=O)O. The fourth-order valence-electron chi connectivity index (χ4n) is 1.71. The maximum Gasteiger partial charge on any atom is 0.326 e. The van der Waals surface area contributed by atoms with Crippen LogP contribution in [0.2, 0.25) is 0 Å². The molecule has 0 aliphatic heterocycles. The molecule has 0 spiro atoms. The smallest absolute Gasteiger partial charge is 0.326 e. The van der Waals surface area contributed by atoms with Crippen LogP contribution in [0, 0.1) is 11.7 Å². The largest absolute Gasteiger partial charge is 0.480 e. The Bertz CT molecular complexity index is 493. The van der Waals surface area contributed by atoms with Gasteiger partial charge < -0.3 is 10.4 Å². The Morgan fingerprint density at radius 1 is 1.45 bits per heavy atom. The van der Waals surface area contributed by atoms with Crippen molar-refractivity contribution >= 4 is 17.7 Å². The van der Waals surface area contributed by atoms with Gasteiger partial charge in [-0.15, -0.1) is 0 Å². The second kappa shape index (κ2) is 6.88. The van der Waals surface area contributed by atoms with Gasteiger partial charge in [0.25, 0.3) is 0 Å². The molecule has 20 heavy (non-hydrogen) atoms. The van der Waals surface area contributed by atoms with E-state index in [9.17, 15) is 14.0 Å². The third kappa shape index (κ3) is 3.94. The van der Waals surface area contributed by atoms with E-state index in [4.69, 9.17) is 5.11 Å². The lowest BCUT2D eigenvalue weighted by molar-refractivity contribution is -0.140. The number of carboxylic acid groups (broad SMARTS) is 1. The van der Waals surface area contributed by atoms with Crippen LogP contribution >= 0.6 is 0 Å². The van der Waals surface area contributed by atoms with Gasteiger partial charge in [0.1, 0.15) is 11.9 Å². The van der Waals surface area contributed by atoms with Crippen LogP contribution in [0.3, 0.4) is 0 Å². The van der Waals surface area contributed by atoms with Gasteiger partial charge in [0, 0.05) is 12.7 Å². The molecule has 6 heteroatoms. The summed E-state index contributed by atoms with van der Waals surface area (Å²) in [5, 5.41) is 11.6. The molecule has 1 aromatic carbocycles. The molecule has 2 unspecified atom stereocenters. The Morgan fingerprint density at radius 2 is 2.10 bits per heavy atom. The lowest BCUT2D eigenvalue weighted by atomic mass is 9.99. The molecule has 0 heterocycles. The average molecular weight is 282 g/mol. The van der Waals surface area contributed by atoms with E-state index in [0.29, 0.717) is 12.1 Å². The molecule has 1 rings (SSSR count). The number of hydrogen-bond acceptors (Lipinski definition) is 2. The number of nitrogens with zero attached hydrogens (tertiary/aromatic N) is 1. The molecule has 0 aromatic heterocycles. The molecule has 0 aliphatic rings. The molecule has 1 aromatic rings. The second-order valence-corrected chi connectivity index (χ2v) is 4.69. The van der Waals surface area contributed by atoms with E-state index < -0.39 is 23.9 Å². The van der Waals surface area contributed by atoms with E-state index >= 15 is 0 Å². The van der Waals surface area contributed by atoms with Gasteiger partial charge in [-0.25, -0.2) is 14.0 Å². The van der Waals surface area contributed by atoms with Crippen molar-refractivity contribution in [1.82, 2.24) is 5.32 Å². The molecular weight excluding hydrogens is 263 g/mol. The average Bonchev–Trinajstić information content (AvgIpc) is 2.42. The van der Waals surface area contributed by atoms with Crippen molar-refractivity contribution in [1.29, 1.82) is 0 Å². The standard InChI is InChI=1S/C14H19FN2O3/c1-4-9(2)12(13(18)19)16-14(20)17(3)11-7-5-6-10(15)8-11/h5-9,12H,4H2,1-3H3,(H,16,20)(H,18,19). The zero-order chi connectivity index (χ0) is 15.3. The van der Waals surface area contributed by atoms with E-state index in [1.165, 1.54) is 30.1 Å². The summed E-state index contributed by atoms with van der Waals surface area (Å²) in [6.45, 7) is 3.60. The van der Waals surface area contributed by atoms with Gasteiger partial charge in [0.05, 0.1) is 0 Å². The number of carbonyl (C=O) groups is 2. The van der Waals surface area contributed by atoms with Crippen molar-refractivity contribution < 1.29 is 19.1 Å². The highest BCUT2D eigenvalue weighted by Crippen LogP contribution is 2.15. The van der Waals surface area contributed by atoms with E-state index in [1.807, 2.05) is 6.92 Å². The quantitative estimate of drug-likeness (QED) is 0.871. The molecule has 0 aliphatic carbocycles. The first kappa shape index (κ1) is 15.9. The molecule has 0 saturated carbocycles. The Labute approximate surface area is 117 Å². The van der Waals surface area contributed by atoms with Gasteiger partial charge >= 0.3 is 12.0 Å². The van der Waals surface area contributed by atoms with Gasteiger partial charge in [0.2, 0.25) is 0 Å². The van der Waals surface area contributed by atoms with Gasteiger partial charge in [-0.1, -0.05) is 26.3 Å². The summed E-state index contributed by atoms with van der Waals surface area (Å²) in [6, 6.07) is 3.99. The Kier molecular flexibility index (Phi) is 5.49. The zero-order valence-electron chi connectivity index (χ0n) is 11.8. The van der Waals surface area contributed by atoms with Crippen molar-refractivity contribution in [2.24, 2.45) is 5.92 Å². The van der Waals surface area contributed by atoms with Gasteiger partial charge in [-0.2, -0.15) is 0 Å². The summed E-state index contributed by atoms with van der Waals surface area (Å²) >= 11 is 0. The van der Waals surface area contributed by atoms with Crippen molar-refractivity contribution in [3.8, 4) is 0 Å².